The fourth-order valence-corrected chi connectivity index (χ4v) is 4.34. The first kappa shape index (κ1) is 21.0. The number of hydrogen-bond acceptors (Lipinski definition) is 7. The molecule has 5 aromatic heterocycles. The van der Waals surface area contributed by atoms with E-state index < -0.39 is 0 Å². The van der Waals surface area contributed by atoms with Crippen LogP contribution in [0, 0.1) is 5.92 Å². The van der Waals surface area contributed by atoms with Crippen LogP contribution in [-0.2, 0) is 6.54 Å². The second kappa shape index (κ2) is 8.95. The molecule has 8 nitrogen and oxygen atoms in total. The molecule has 0 unspecified atom stereocenters. The quantitative estimate of drug-likeness (QED) is 0.388. The van der Waals surface area contributed by atoms with Crippen molar-refractivity contribution in [3.05, 3.63) is 76.5 Å². The fourth-order valence-electron chi connectivity index (χ4n) is 3.44. The van der Waals surface area contributed by atoms with Crippen molar-refractivity contribution >= 4 is 21.6 Å². The highest BCUT2D eigenvalue weighted by atomic mass is 32.1. The van der Waals surface area contributed by atoms with Crippen molar-refractivity contribution in [2.45, 2.75) is 20.4 Å². The Balaban J connectivity index is 1.51. The van der Waals surface area contributed by atoms with Crippen molar-refractivity contribution in [1.29, 1.82) is 0 Å². The molecule has 5 aromatic rings. The van der Waals surface area contributed by atoms with Gasteiger partial charge in [-0.1, -0.05) is 19.9 Å². The van der Waals surface area contributed by atoms with Crippen molar-refractivity contribution in [1.82, 2.24) is 29.5 Å². The molecule has 1 N–H and O–H groups in total. The summed E-state index contributed by atoms with van der Waals surface area (Å²) in [4.78, 5) is 33.7. The molecule has 0 aliphatic carbocycles. The zero-order valence-corrected chi connectivity index (χ0v) is 19.0. The Labute approximate surface area is 194 Å². The van der Waals surface area contributed by atoms with Gasteiger partial charge in [0.1, 0.15) is 4.70 Å². The number of aromatic amines is 1. The Morgan fingerprint density at radius 2 is 2.03 bits per heavy atom. The van der Waals surface area contributed by atoms with Gasteiger partial charge in [0.2, 0.25) is 5.88 Å². The van der Waals surface area contributed by atoms with Crippen molar-refractivity contribution in [2.24, 2.45) is 5.92 Å². The molecule has 5 rings (SSSR count). The average Bonchev–Trinajstić information content (AvgIpc) is 3.46. The van der Waals surface area contributed by atoms with Gasteiger partial charge in [0.25, 0.3) is 5.56 Å². The van der Waals surface area contributed by atoms with Crippen molar-refractivity contribution in [2.75, 3.05) is 6.61 Å². The van der Waals surface area contributed by atoms with Crippen LogP contribution in [-0.4, -0.2) is 36.1 Å². The maximum Gasteiger partial charge on any atom is 0.269 e. The Bertz CT molecular complexity index is 1440. The predicted molar refractivity (Wildman–Crippen MR) is 128 cm³/mol. The zero-order chi connectivity index (χ0) is 22.8. The van der Waals surface area contributed by atoms with E-state index in [9.17, 15) is 4.79 Å². The van der Waals surface area contributed by atoms with Gasteiger partial charge in [-0.25, -0.2) is 15.0 Å². The highest BCUT2D eigenvalue weighted by Gasteiger charge is 2.16. The number of pyridine rings is 2. The van der Waals surface area contributed by atoms with Crippen LogP contribution >= 0.6 is 11.3 Å². The molecule has 166 valence electrons. The number of imidazole rings is 1. The summed E-state index contributed by atoms with van der Waals surface area (Å²) in [6.07, 6.45) is 7.05. The van der Waals surface area contributed by atoms with E-state index in [4.69, 9.17) is 9.72 Å². The number of nitrogens with one attached hydrogen (secondary N) is 1. The van der Waals surface area contributed by atoms with Gasteiger partial charge >= 0.3 is 0 Å². The summed E-state index contributed by atoms with van der Waals surface area (Å²) in [6.45, 7) is 5.32. The first-order valence-corrected chi connectivity index (χ1v) is 11.5. The standard InChI is InChI=1S/C24H22N6O2S/c1-15(2)13-32-19-7-6-16(11-27-19)18-14-33-21-20(18)28-22(29-24(21)31)23-26-9-10-30(23)12-17-5-3-4-8-25-17/h3-11,14-15H,12-13H2,1-2H3,(H,28,29,31). The van der Waals surface area contributed by atoms with Crippen LogP contribution in [0.4, 0.5) is 0 Å². The topological polar surface area (TPSA) is 98.6 Å². The lowest BCUT2D eigenvalue weighted by Gasteiger charge is -2.08. The van der Waals surface area contributed by atoms with Gasteiger partial charge in [0.15, 0.2) is 11.6 Å². The number of thiophene rings is 1. The average molecular weight is 459 g/mol. The van der Waals surface area contributed by atoms with Crippen molar-refractivity contribution in [3.8, 4) is 28.7 Å². The zero-order valence-electron chi connectivity index (χ0n) is 18.2. The van der Waals surface area contributed by atoms with E-state index >= 15 is 0 Å². The molecule has 0 atom stereocenters. The van der Waals surface area contributed by atoms with Gasteiger partial charge in [-0.3, -0.25) is 9.78 Å². The summed E-state index contributed by atoms with van der Waals surface area (Å²) in [6, 6.07) is 9.54. The van der Waals surface area contributed by atoms with E-state index in [0.29, 0.717) is 46.8 Å². The largest absolute Gasteiger partial charge is 0.477 e. The van der Waals surface area contributed by atoms with E-state index in [1.807, 2.05) is 46.5 Å². The molecule has 0 aromatic carbocycles. The number of ether oxygens (including phenoxy) is 1. The Kier molecular flexibility index (Phi) is 5.70. The van der Waals surface area contributed by atoms with Crippen LogP contribution in [0.1, 0.15) is 19.5 Å². The van der Waals surface area contributed by atoms with Gasteiger partial charge in [0.05, 0.1) is 24.4 Å². The predicted octanol–water partition coefficient (Wildman–Crippen LogP) is 4.39. The van der Waals surface area contributed by atoms with Gasteiger partial charge in [-0.05, 0) is 24.1 Å². The van der Waals surface area contributed by atoms with Gasteiger partial charge in [-0.15, -0.1) is 11.3 Å². The highest BCUT2D eigenvalue weighted by molar-refractivity contribution is 7.17. The van der Waals surface area contributed by atoms with Gasteiger partial charge < -0.3 is 14.3 Å². The molecule has 0 saturated heterocycles. The molecule has 9 heteroatoms. The van der Waals surface area contributed by atoms with Crippen LogP contribution in [0.3, 0.4) is 0 Å². The minimum atomic E-state index is -0.191. The molecule has 0 fully saturated rings. The molecule has 0 radical (unpaired) electrons. The summed E-state index contributed by atoms with van der Waals surface area (Å²) >= 11 is 1.36. The molecule has 5 heterocycles. The number of fused-ring (bicyclic) bond motifs is 1. The Morgan fingerprint density at radius 3 is 2.79 bits per heavy atom. The lowest BCUT2D eigenvalue weighted by molar-refractivity contribution is 0.261. The molecule has 0 aliphatic rings. The Morgan fingerprint density at radius 1 is 1.12 bits per heavy atom. The molecule has 0 amide bonds. The lowest BCUT2D eigenvalue weighted by Crippen LogP contribution is -2.11. The molecular weight excluding hydrogens is 436 g/mol. The second-order valence-electron chi connectivity index (χ2n) is 8.03. The SMILES string of the molecule is CC(C)COc1ccc(-c2csc3c(=O)[nH]c(-c4nccn4Cc4ccccn4)nc23)cn1. The third kappa shape index (κ3) is 4.40. The van der Waals surface area contributed by atoms with Crippen LogP contribution in [0.25, 0.3) is 33.0 Å². The molecule has 33 heavy (non-hydrogen) atoms. The lowest BCUT2D eigenvalue weighted by atomic mass is 10.1. The molecule has 0 aliphatic heterocycles. The number of nitrogens with zero attached hydrogens (tertiary/aromatic N) is 5. The van der Waals surface area contributed by atoms with Gasteiger partial charge in [0, 0.05) is 47.4 Å². The fraction of sp³-hybridized carbons (Fsp3) is 0.208. The third-order valence-corrected chi connectivity index (χ3v) is 5.99. The highest BCUT2D eigenvalue weighted by Crippen LogP contribution is 2.32. The number of aromatic nitrogens is 6. The summed E-state index contributed by atoms with van der Waals surface area (Å²) in [7, 11) is 0. The maximum atomic E-state index is 12.8. The molecular formula is C24H22N6O2S. The van der Waals surface area contributed by atoms with Crippen LogP contribution in [0.15, 0.2) is 65.3 Å². The van der Waals surface area contributed by atoms with E-state index in [-0.39, 0.29) is 5.56 Å². The minimum absolute atomic E-state index is 0.191. The molecule has 0 bridgehead atoms. The second-order valence-corrected chi connectivity index (χ2v) is 8.91. The first-order chi connectivity index (χ1) is 16.1. The van der Waals surface area contributed by atoms with Crippen LogP contribution in [0.5, 0.6) is 5.88 Å². The minimum Gasteiger partial charge on any atom is -0.477 e. The molecule has 0 saturated carbocycles. The van der Waals surface area contributed by atoms with E-state index in [2.05, 4.69) is 33.8 Å². The third-order valence-electron chi connectivity index (χ3n) is 5.02. The molecule has 0 spiro atoms. The maximum absolute atomic E-state index is 12.8. The smallest absolute Gasteiger partial charge is 0.269 e. The monoisotopic (exact) mass is 458 g/mol. The number of rotatable bonds is 7. The van der Waals surface area contributed by atoms with Gasteiger partial charge in [-0.2, -0.15) is 0 Å². The normalized spacial score (nSPS) is 11.4. The van der Waals surface area contributed by atoms with Crippen molar-refractivity contribution in [3.63, 3.8) is 0 Å². The number of H-pyrrole nitrogens is 1. The van der Waals surface area contributed by atoms with Crippen LogP contribution < -0.4 is 10.3 Å². The summed E-state index contributed by atoms with van der Waals surface area (Å²) < 4.78 is 8.17. The van der Waals surface area contributed by atoms with E-state index in [0.717, 1.165) is 16.8 Å². The summed E-state index contributed by atoms with van der Waals surface area (Å²) in [5.74, 6) is 1.99. The summed E-state index contributed by atoms with van der Waals surface area (Å²) in [5, 5.41) is 1.93. The Hall–Kier alpha value is -3.85. The van der Waals surface area contributed by atoms with E-state index in [1.54, 1.807) is 18.6 Å². The number of hydrogen-bond donors (Lipinski definition) is 1. The summed E-state index contributed by atoms with van der Waals surface area (Å²) in [5.41, 5.74) is 3.06. The van der Waals surface area contributed by atoms with Crippen LogP contribution in [0.2, 0.25) is 0 Å². The first-order valence-electron chi connectivity index (χ1n) is 10.6. The van der Waals surface area contributed by atoms with Crippen molar-refractivity contribution < 1.29 is 4.74 Å². The van der Waals surface area contributed by atoms with E-state index in [1.165, 1.54) is 11.3 Å².